The fourth-order valence-electron chi connectivity index (χ4n) is 3.22. The quantitative estimate of drug-likeness (QED) is 0.226. The van der Waals surface area contributed by atoms with Crippen molar-refractivity contribution in [3.63, 3.8) is 0 Å². The highest BCUT2D eigenvalue weighted by molar-refractivity contribution is 7.08. The lowest BCUT2D eigenvalue weighted by molar-refractivity contribution is -0.113. The topological polar surface area (TPSA) is 75.3 Å². The van der Waals surface area contributed by atoms with Gasteiger partial charge in [0.05, 0.1) is 0 Å². The van der Waals surface area contributed by atoms with Crippen molar-refractivity contribution >= 4 is 46.8 Å². The van der Waals surface area contributed by atoms with Crippen molar-refractivity contribution in [2.45, 2.75) is 0 Å². The number of carbonyl (C=O) groups excluding carboxylic acids is 3. The molecule has 1 aromatic heterocycles. The van der Waals surface area contributed by atoms with Crippen LogP contribution in [-0.4, -0.2) is 17.6 Å². The molecule has 178 valence electrons. The molecule has 36 heavy (non-hydrogen) atoms. The summed E-state index contributed by atoms with van der Waals surface area (Å²) in [6.07, 6.45) is 4.71. The Balaban J connectivity index is 1.50. The summed E-state index contributed by atoms with van der Waals surface area (Å²) in [7, 11) is 0. The molecule has 4 aromatic rings. The SMILES string of the molecule is O=C(Nc1ccc(C(=O)/C=C/c2ccsc2)cc1)/C(=C/c1ccc(F)cc1)NC(=O)c1ccccc1. The van der Waals surface area contributed by atoms with Crippen LogP contribution in [0.5, 0.6) is 0 Å². The fourth-order valence-corrected chi connectivity index (χ4v) is 3.85. The van der Waals surface area contributed by atoms with Crippen molar-refractivity contribution < 1.29 is 18.8 Å². The molecule has 3 aromatic carbocycles. The third-order valence-electron chi connectivity index (χ3n) is 5.11. The molecule has 0 fully saturated rings. The molecule has 0 unspecified atom stereocenters. The zero-order chi connectivity index (χ0) is 25.3. The van der Waals surface area contributed by atoms with Crippen molar-refractivity contribution in [2.24, 2.45) is 0 Å². The molecule has 0 saturated heterocycles. The number of anilines is 1. The molecule has 0 atom stereocenters. The zero-order valence-electron chi connectivity index (χ0n) is 19.0. The molecule has 0 saturated carbocycles. The summed E-state index contributed by atoms with van der Waals surface area (Å²) in [5, 5.41) is 9.23. The van der Waals surface area contributed by atoms with Crippen molar-refractivity contribution in [1.29, 1.82) is 0 Å². The van der Waals surface area contributed by atoms with Gasteiger partial charge in [-0.1, -0.05) is 36.4 Å². The third-order valence-corrected chi connectivity index (χ3v) is 5.81. The Kier molecular flexibility index (Phi) is 7.95. The van der Waals surface area contributed by atoms with Crippen LogP contribution in [0.15, 0.2) is 107 Å². The van der Waals surface area contributed by atoms with Gasteiger partial charge in [-0.25, -0.2) is 4.39 Å². The molecule has 0 aliphatic rings. The molecule has 2 amide bonds. The molecule has 1 heterocycles. The molecular weight excluding hydrogens is 475 g/mol. The van der Waals surface area contributed by atoms with Gasteiger partial charge in [-0.2, -0.15) is 11.3 Å². The number of rotatable bonds is 8. The van der Waals surface area contributed by atoms with Gasteiger partial charge in [0.1, 0.15) is 11.5 Å². The molecule has 0 aliphatic carbocycles. The average Bonchev–Trinajstić information content (AvgIpc) is 3.43. The number of carbonyl (C=O) groups is 3. The third kappa shape index (κ3) is 6.71. The Morgan fingerprint density at radius 2 is 1.50 bits per heavy atom. The second kappa shape index (κ2) is 11.7. The number of allylic oxidation sites excluding steroid dienone is 1. The van der Waals surface area contributed by atoms with E-state index in [0.29, 0.717) is 22.4 Å². The Morgan fingerprint density at radius 3 is 2.17 bits per heavy atom. The minimum absolute atomic E-state index is 0.0192. The summed E-state index contributed by atoms with van der Waals surface area (Å²) in [5.74, 6) is -1.60. The highest BCUT2D eigenvalue weighted by Gasteiger charge is 2.15. The Labute approximate surface area is 211 Å². The number of hydrogen-bond acceptors (Lipinski definition) is 4. The lowest BCUT2D eigenvalue weighted by Crippen LogP contribution is -2.30. The summed E-state index contributed by atoms with van der Waals surface area (Å²) < 4.78 is 13.3. The van der Waals surface area contributed by atoms with Crippen molar-refractivity contribution in [3.8, 4) is 0 Å². The molecule has 0 aliphatic heterocycles. The Hall–Kier alpha value is -4.62. The number of amides is 2. The molecule has 5 nitrogen and oxygen atoms in total. The minimum Gasteiger partial charge on any atom is -0.321 e. The van der Waals surface area contributed by atoms with E-state index in [9.17, 15) is 18.8 Å². The lowest BCUT2D eigenvalue weighted by atomic mass is 10.1. The molecular formula is C29H21FN2O3S. The van der Waals surface area contributed by atoms with Gasteiger partial charge in [0.2, 0.25) is 0 Å². The van der Waals surface area contributed by atoms with E-state index in [2.05, 4.69) is 10.6 Å². The monoisotopic (exact) mass is 496 g/mol. The average molecular weight is 497 g/mol. The maximum atomic E-state index is 13.3. The number of ketones is 1. The van der Waals surface area contributed by atoms with Crippen LogP contribution in [0.25, 0.3) is 12.2 Å². The number of benzene rings is 3. The number of nitrogens with one attached hydrogen (secondary N) is 2. The Bertz CT molecular complexity index is 1410. The Morgan fingerprint density at radius 1 is 0.778 bits per heavy atom. The standard InChI is InChI=1S/C29H21FN2O3S/c30-24-11-6-20(7-12-24)18-26(32-28(34)23-4-2-1-3-5-23)29(35)31-25-13-9-22(10-14-25)27(33)15-8-21-16-17-36-19-21/h1-19H,(H,31,35)(H,32,34)/b15-8+,26-18-. The smallest absolute Gasteiger partial charge is 0.272 e. The van der Waals surface area contributed by atoms with Crippen molar-refractivity contribution in [2.75, 3.05) is 5.32 Å². The van der Waals surface area contributed by atoms with E-state index in [4.69, 9.17) is 0 Å². The van der Waals surface area contributed by atoms with Gasteiger partial charge in [-0.05, 0) is 88.6 Å². The molecule has 2 N–H and O–H groups in total. The summed E-state index contributed by atoms with van der Waals surface area (Å²) in [6, 6.07) is 22.4. The van der Waals surface area contributed by atoms with Crippen LogP contribution in [0.2, 0.25) is 0 Å². The first-order valence-electron chi connectivity index (χ1n) is 11.0. The number of hydrogen-bond donors (Lipinski definition) is 2. The first-order valence-corrected chi connectivity index (χ1v) is 11.9. The van der Waals surface area contributed by atoms with Crippen LogP contribution in [-0.2, 0) is 4.79 Å². The number of thiophene rings is 1. The fraction of sp³-hybridized carbons (Fsp3) is 0. The second-order valence-electron chi connectivity index (χ2n) is 7.72. The van der Waals surface area contributed by atoms with E-state index in [1.54, 1.807) is 72.0 Å². The van der Waals surface area contributed by atoms with Crippen LogP contribution in [0.3, 0.4) is 0 Å². The van der Waals surface area contributed by atoms with E-state index in [-0.39, 0.29) is 11.5 Å². The van der Waals surface area contributed by atoms with Crippen LogP contribution in [0.1, 0.15) is 31.8 Å². The van der Waals surface area contributed by atoms with Gasteiger partial charge >= 0.3 is 0 Å². The van der Waals surface area contributed by atoms with Gasteiger partial charge < -0.3 is 10.6 Å². The van der Waals surface area contributed by atoms with E-state index in [0.717, 1.165) is 5.56 Å². The van der Waals surface area contributed by atoms with Crippen LogP contribution >= 0.6 is 11.3 Å². The highest BCUT2D eigenvalue weighted by atomic mass is 32.1. The maximum Gasteiger partial charge on any atom is 0.272 e. The van der Waals surface area contributed by atoms with Gasteiger partial charge in [-0.15, -0.1) is 0 Å². The van der Waals surface area contributed by atoms with Crippen molar-refractivity contribution in [1.82, 2.24) is 5.32 Å². The van der Waals surface area contributed by atoms with E-state index >= 15 is 0 Å². The van der Waals surface area contributed by atoms with E-state index < -0.39 is 17.6 Å². The summed E-state index contributed by atoms with van der Waals surface area (Å²) in [4.78, 5) is 38.2. The minimum atomic E-state index is -0.569. The van der Waals surface area contributed by atoms with Crippen LogP contribution < -0.4 is 10.6 Å². The highest BCUT2D eigenvalue weighted by Crippen LogP contribution is 2.15. The molecule has 0 spiro atoms. The molecule has 4 rings (SSSR count). The first kappa shape index (κ1) is 24.5. The molecule has 0 bridgehead atoms. The largest absolute Gasteiger partial charge is 0.321 e. The van der Waals surface area contributed by atoms with Gasteiger partial charge in [0.25, 0.3) is 11.8 Å². The second-order valence-corrected chi connectivity index (χ2v) is 8.50. The predicted molar refractivity (Wildman–Crippen MR) is 141 cm³/mol. The number of halogens is 1. The molecule has 0 radical (unpaired) electrons. The lowest BCUT2D eigenvalue weighted by Gasteiger charge is -2.12. The normalized spacial score (nSPS) is 11.3. The summed E-state index contributed by atoms with van der Waals surface area (Å²) in [5.41, 5.74) is 2.77. The first-order chi connectivity index (χ1) is 17.5. The molecule has 7 heteroatoms. The van der Waals surface area contributed by atoms with Crippen LogP contribution in [0.4, 0.5) is 10.1 Å². The predicted octanol–water partition coefficient (Wildman–Crippen LogP) is 6.19. The van der Waals surface area contributed by atoms with E-state index in [1.165, 1.54) is 36.4 Å². The zero-order valence-corrected chi connectivity index (χ0v) is 19.8. The summed E-state index contributed by atoms with van der Waals surface area (Å²) >= 11 is 1.55. The van der Waals surface area contributed by atoms with E-state index in [1.807, 2.05) is 16.8 Å². The van der Waals surface area contributed by atoms with Gasteiger partial charge in [0.15, 0.2) is 5.78 Å². The van der Waals surface area contributed by atoms with Crippen molar-refractivity contribution in [3.05, 3.63) is 136 Å². The summed E-state index contributed by atoms with van der Waals surface area (Å²) in [6.45, 7) is 0. The van der Waals surface area contributed by atoms with Gasteiger partial charge in [-0.3, -0.25) is 14.4 Å². The van der Waals surface area contributed by atoms with Crippen LogP contribution in [0, 0.1) is 5.82 Å². The maximum absolute atomic E-state index is 13.3. The van der Waals surface area contributed by atoms with Gasteiger partial charge in [0, 0.05) is 16.8 Å².